The maximum atomic E-state index is 10.1. The first kappa shape index (κ1) is 15.2. The Bertz CT molecular complexity index is 400. The highest BCUT2D eigenvalue weighted by Gasteiger charge is 2.13. The lowest BCUT2D eigenvalue weighted by molar-refractivity contribution is 0.315. The highest BCUT2D eigenvalue weighted by molar-refractivity contribution is 5.45. The van der Waals surface area contributed by atoms with E-state index in [1.54, 1.807) is 0 Å². The first-order valence-corrected chi connectivity index (χ1v) is 7.95. The van der Waals surface area contributed by atoms with Gasteiger partial charge in [-0.3, -0.25) is 0 Å². The van der Waals surface area contributed by atoms with E-state index < -0.39 is 0 Å². The number of hydrogen-bond donors (Lipinski definition) is 2. The van der Waals surface area contributed by atoms with Gasteiger partial charge in [-0.15, -0.1) is 0 Å². The van der Waals surface area contributed by atoms with Crippen molar-refractivity contribution in [3.8, 4) is 11.5 Å². The predicted molar refractivity (Wildman–Crippen MR) is 82.2 cm³/mol. The van der Waals surface area contributed by atoms with Crippen LogP contribution in [0.25, 0.3) is 0 Å². The van der Waals surface area contributed by atoms with E-state index >= 15 is 0 Å². The number of rotatable bonds is 7. The molecule has 20 heavy (non-hydrogen) atoms. The summed E-state index contributed by atoms with van der Waals surface area (Å²) in [6.45, 7) is 4.24. The Morgan fingerprint density at radius 2 is 2.05 bits per heavy atom. The summed E-state index contributed by atoms with van der Waals surface area (Å²) >= 11 is 0. The minimum Gasteiger partial charge on any atom is -0.504 e. The molecule has 2 N–H and O–H groups in total. The first-order valence-electron chi connectivity index (χ1n) is 7.95. The van der Waals surface area contributed by atoms with Gasteiger partial charge < -0.3 is 15.2 Å². The fourth-order valence-corrected chi connectivity index (χ4v) is 2.99. The van der Waals surface area contributed by atoms with Crippen LogP contribution in [0, 0.1) is 5.92 Å². The van der Waals surface area contributed by atoms with Gasteiger partial charge in [0.25, 0.3) is 0 Å². The maximum absolute atomic E-state index is 10.1. The van der Waals surface area contributed by atoms with Gasteiger partial charge in [-0.2, -0.15) is 0 Å². The Labute approximate surface area is 122 Å². The molecule has 0 amide bonds. The number of para-hydroxylation sites is 1. The second-order valence-electron chi connectivity index (χ2n) is 5.67. The van der Waals surface area contributed by atoms with E-state index in [2.05, 4.69) is 5.32 Å². The second kappa shape index (κ2) is 8.15. The Kier molecular flexibility index (Phi) is 6.19. The lowest BCUT2D eigenvalue weighted by Crippen LogP contribution is -2.19. The Hall–Kier alpha value is -1.22. The van der Waals surface area contributed by atoms with Crippen LogP contribution in [0.3, 0.4) is 0 Å². The number of hydrogen-bond acceptors (Lipinski definition) is 3. The summed E-state index contributed by atoms with van der Waals surface area (Å²) in [5, 5.41) is 13.5. The molecule has 0 aromatic heterocycles. The van der Waals surface area contributed by atoms with Crippen molar-refractivity contribution in [2.24, 2.45) is 5.92 Å². The molecule has 1 aromatic rings. The van der Waals surface area contributed by atoms with Gasteiger partial charge in [0.05, 0.1) is 6.61 Å². The lowest BCUT2D eigenvalue weighted by Gasteiger charge is -2.21. The third kappa shape index (κ3) is 4.41. The third-order valence-corrected chi connectivity index (χ3v) is 4.15. The van der Waals surface area contributed by atoms with E-state index in [1.165, 1.54) is 38.5 Å². The van der Waals surface area contributed by atoms with E-state index in [9.17, 15) is 5.11 Å². The van der Waals surface area contributed by atoms with Gasteiger partial charge in [-0.05, 0) is 31.9 Å². The van der Waals surface area contributed by atoms with Crippen molar-refractivity contribution < 1.29 is 9.84 Å². The van der Waals surface area contributed by atoms with Crippen LogP contribution in [0.15, 0.2) is 18.2 Å². The van der Waals surface area contributed by atoms with Crippen molar-refractivity contribution in [3.05, 3.63) is 23.8 Å². The van der Waals surface area contributed by atoms with E-state index in [0.717, 1.165) is 18.0 Å². The van der Waals surface area contributed by atoms with E-state index in [-0.39, 0.29) is 5.75 Å². The highest BCUT2D eigenvalue weighted by Crippen LogP contribution is 2.30. The molecule has 3 nitrogen and oxygen atoms in total. The summed E-state index contributed by atoms with van der Waals surface area (Å²) in [5.74, 6) is 1.76. The molecule has 0 bridgehead atoms. The summed E-state index contributed by atoms with van der Waals surface area (Å²) in [4.78, 5) is 0. The monoisotopic (exact) mass is 277 g/mol. The molecule has 0 spiro atoms. The maximum Gasteiger partial charge on any atom is 0.162 e. The number of nitrogens with one attached hydrogen (secondary N) is 1. The van der Waals surface area contributed by atoms with Crippen molar-refractivity contribution in [2.45, 2.75) is 52.0 Å². The molecule has 0 atom stereocenters. The topological polar surface area (TPSA) is 41.5 Å². The summed E-state index contributed by atoms with van der Waals surface area (Å²) < 4.78 is 5.40. The number of aromatic hydroxyl groups is 1. The van der Waals surface area contributed by atoms with Crippen LogP contribution in [0.5, 0.6) is 11.5 Å². The van der Waals surface area contributed by atoms with Gasteiger partial charge in [0.1, 0.15) is 0 Å². The normalized spacial score (nSPS) is 16.2. The van der Waals surface area contributed by atoms with Crippen molar-refractivity contribution in [1.82, 2.24) is 5.32 Å². The van der Waals surface area contributed by atoms with Crippen LogP contribution in [-0.4, -0.2) is 18.3 Å². The van der Waals surface area contributed by atoms with Gasteiger partial charge in [0, 0.05) is 12.1 Å². The summed E-state index contributed by atoms with van der Waals surface area (Å²) in [6.07, 6.45) is 8.27. The average molecular weight is 277 g/mol. The predicted octanol–water partition coefficient (Wildman–Crippen LogP) is 3.85. The molecular formula is C17H27NO2. The summed E-state index contributed by atoms with van der Waals surface area (Å²) in [5.41, 5.74) is 0.916. The van der Waals surface area contributed by atoms with Crippen LogP contribution < -0.4 is 10.1 Å². The molecule has 0 saturated heterocycles. The molecule has 1 aliphatic rings. The fourth-order valence-electron chi connectivity index (χ4n) is 2.99. The van der Waals surface area contributed by atoms with Crippen LogP contribution in [0.1, 0.15) is 51.0 Å². The Morgan fingerprint density at radius 1 is 1.25 bits per heavy atom. The average Bonchev–Trinajstić information content (AvgIpc) is 2.48. The number of phenolic OH excluding ortho intramolecular Hbond substituents is 1. The minimum absolute atomic E-state index is 0.277. The molecule has 0 aliphatic heterocycles. The van der Waals surface area contributed by atoms with E-state index in [0.29, 0.717) is 18.9 Å². The molecule has 1 saturated carbocycles. The molecule has 0 radical (unpaired) electrons. The first-order chi connectivity index (χ1) is 9.81. The van der Waals surface area contributed by atoms with E-state index in [1.807, 2.05) is 25.1 Å². The zero-order chi connectivity index (χ0) is 14.2. The summed E-state index contributed by atoms with van der Waals surface area (Å²) in [6, 6.07) is 5.69. The van der Waals surface area contributed by atoms with Crippen LogP contribution in [0.2, 0.25) is 0 Å². The zero-order valence-electron chi connectivity index (χ0n) is 12.5. The number of benzene rings is 1. The van der Waals surface area contributed by atoms with Crippen molar-refractivity contribution >= 4 is 0 Å². The molecule has 0 unspecified atom stereocenters. The van der Waals surface area contributed by atoms with Gasteiger partial charge in [-0.25, -0.2) is 0 Å². The molecule has 2 rings (SSSR count). The van der Waals surface area contributed by atoms with Crippen molar-refractivity contribution in [1.29, 1.82) is 0 Å². The number of phenols is 1. The molecule has 3 heteroatoms. The smallest absolute Gasteiger partial charge is 0.162 e. The molecule has 1 fully saturated rings. The lowest BCUT2D eigenvalue weighted by atomic mass is 9.87. The second-order valence-corrected chi connectivity index (χ2v) is 5.67. The number of ether oxygens (including phenoxy) is 1. The van der Waals surface area contributed by atoms with Gasteiger partial charge >= 0.3 is 0 Å². The minimum atomic E-state index is 0.277. The van der Waals surface area contributed by atoms with Gasteiger partial charge in [0.15, 0.2) is 11.5 Å². The SMILES string of the molecule is CCOc1cccc(CNCCC2CCCCC2)c1O. The van der Waals surface area contributed by atoms with Crippen molar-refractivity contribution in [3.63, 3.8) is 0 Å². The molecule has 112 valence electrons. The van der Waals surface area contributed by atoms with Crippen molar-refractivity contribution in [2.75, 3.05) is 13.2 Å². The molecule has 0 heterocycles. The Morgan fingerprint density at radius 3 is 2.80 bits per heavy atom. The van der Waals surface area contributed by atoms with E-state index in [4.69, 9.17) is 4.74 Å². The highest BCUT2D eigenvalue weighted by atomic mass is 16.5. The standard InChI is InChI=1S/C17H27NO2/c1-2-20-16-10-6-9-15(17(16)19)13-18-12-11-14-7-4-3-5-8-14/h6,9-10,14,18-19H,2-5,7-8,11-13H2,1H3. The van der Waals surface area contributed by atoms with Crippen LogP contribution in [-0.2, 0) is 6.54 Å². The van der Waals surface area contributed by atoms with Crippen LogP contribution >= 0.6 is 0 Å². The molecule has 1 aromatic carbocycles. The third-order valence-electron chi connectivity index (χ3n) is 4.15. The Balaban J connectivity index is 1.74. The van der Waals surface area contributed by atoms with Crippen LogP contribution in [0.4, 0.5) is 0 Å². The molecular weight excluding hydrogens is 250 g/mol. The summed E-state index contributed by atoms with van der Waals surface area (Å²) in [7, 11) is 0. The van der Waals surface area contributed by atoms with Gasteiger partial charge in [-0.1, -0.05) is 44.2 Å². The largest absolute Gasteiger partial charge is 0.504 e. The fraction of sp³-hybridized carbons (Fsp3) is 0.647. The van der Waals surface area contributed by atoms with Gasteiger partial charge in [0.2, 0.25) is 0 Å². The zero-order valence-corrected chi connectivity index (χ0v) is 12.5. The molecule has 1 aliphatic carbocycles. The quantitative estimate of drug-likeness (QED) is 0.744.